The molecule has 0 saturated heterocycles. The standard InChI is InChI=1S/C26H21N3O3/c1-16-6-5-8-18-14-21(23-15-17-7-3-4-9-22(17)28-23)25(32-24(16)18)29-26(30)27-19-10-12-20(31-2)13-11-19/h3-15,28H,1-2H3,(H,27,30)/b29-25-. The number of para-hydroxylation sites is 2. The third-order valence-electron chi connectivity index (χ3n) is 5.34. The van der Waals surface area contributed by atoms with Crippen LogP contribution in [0, 0.1) is 6.92 Å². The number of ether oxygens (including phenoxy) is 1. The van der Waals surface area contributed by atoms with Gasteiger partial charge in [0.25, 0.3) is 0 Å². The van der Waals surface area contributed by atoms with Crippen LogP contribution in [0.2, 0.25) is 0 Å². The highest BCUT2D eigenvalue weighted by Gasteiger charge is 2.12. The summed E-state index contributed by atoms with van der Waals surface area (Å²) in [6, 6.07) is 24.5. The summed E-state index contributed by atoms with van der Waals surface area (Å²) in [5.41, 5.74) is 5.06. The Morgan fingerprint density at radius 2 is 1.75 bits per heavy atom. The third-order valence-corrected chi connectivity index (χ3v) is 5.34. The number of urea groups is 1. The number of nitrogens with zero attached hydrogens (tertiary/aromatic N) is 1. The van der Waals surface area contributed by atoms with Crippen LogP contribution in [-0.2, 0) is 0 Å². The van der Waals surface area contributed by atoms with Crippen molar-refractivity contribution in [2.24, 2.45) is 4.99 Å². The summed E-state index contributed by atoms with van der Waals surface area (Å²) >= 11 is 0. The average Bonchev–Trinajstić information content (AvgIpc) is 3.24. The number of methoxy groups -OCH3 is 1. The lowest BCUT2D eigenvalue weighted by molar-refractivity contribution is 0.258. The van der Waals surface area contributed by atoms with E-state index in [4.69, 9.17) is 9.15 Å². The molecule has 0 bridgehead atoms. The Hall–Kier alpha value is -4.32. The van der Waals surface area contributed by atoms with Gasteiger partial charge in [-0.1, -0.05) is 36.4 Å². The van der Waals surface area contributed by atoms with E-state index in [0.29, 0.717) is 22.6 Å². The smallest absolute Gasteiger partial charge is 0.348 e. The van der Waals surface area contributed by atoms with Crippen LogP contribution in [0.1, 0.15) is 5.56 Å². The first-order valence-electron chi connectivity index (χ1n) is 10.2. The fraction of sp³-hybridized carbons (Fsp3) is 0.0769. The van der Waals surface area contributed by atoms with Crippen LogP contribution in [0.3, 0.4) is 0 Å². The minimum atomic E-state index is -0.524. The first-order chi connectivity index (χ1) is 15.6. The number of aryl methyl sites for hydroxylation is 1. The number of hydrogen-bond donors (Lipinski definition) is 2. The van der Waals surface area contributed by atoms with Crippen molar-refractivity contribution < 1.29 is 13.9 Å². The van der Waals surface area contributed by atoms with E-state index in [9.17, 15) is 4.79 Å². The Morgan fingerprint density at radius 1 is 0.969 bits per heavy atom. The number of carbonyl (C=O) groups excluding carboxylic acids is 1. The molecule has 5 rings (SSSR count). The van der Waals surface area contributed by atoms with Crippen molar-refractivity contribution in [2.75, 3.05) is 12.4 Å². The van der Waals surface area contributed by atoms with Crippen LogP contribution >= 0.6 is 0 Å². The quantitative estimate of drug-likeness (QED) is 0.372. The maximum atomic E-state index is 12.7. The molecule has 0 saturated carbocycles. The highest BCUT2D eigenvalue weighted by atomic mass is 16.5. The number of nitrogens with one attached hydrogen (secondary N) is 2. The molecular formula is C26H21N3O3. The fourth-order valence-electron chi connectivity index (χ4n) is 3.71. The molecule has 32 heavy (non-hydrogen) atoms. The van der Waals surface area contributed by atoms with Gasteiger partial charge in [-0.25, -0.2) is 4.79 Å². The molecule has 2 aromatic heterocycles. The molecule has 0 radical (unpaired) electrons. The lowest BCUT2D eigenvalue weighted by Gasteiger charge is -2.06. The average molecular weight is 423 g/mol. The van der Waals surface area contributed by atoms with Crippen molar-refractivity contribution >= 4 is 33.6 Å². The normalized spacial score (nSPS) is 11.8. The summed E-state index contributed by atoms with van der Waals surface area (Å²) in [6.07, 6.45) is 0. The fourth-order valence-corrected chi connectivity index (χ4v) is 3.71. The number of fused-ring (bicyclic) bond motifs is 2. The first-order valence-corrected chi connectivity index (χ1v) is 10.2. The van der Waals surface area contributed by atoms with Crippen molar-refractivity contribution in [3.05, 3.63) is 90.0 Å². The Morgan fingerprint density at radius 3 is 2.53 bits per heavy atom. The zero-order chi connectivity index (χ0) is 22.1. The van der Waals surface area contributed by atoms with Crippen LogP contribution < -0.4 is 15.6 Å². The predicted octanol–water partition coefficient (Wildman–Crippen LogP) is 6.03. The molecule has 3 aromatic carbocycles. The highest BCUT2D eigenvalue weighted by molar-refractivity contribution is 5.92. The summed E-state index contributed by atoms with van der Waals surface area (Å²) in [5, 5.41) is 4.79. The summed E-state index contributed by atoms with van der Waals surface area (Å²) in [4.78, 5) is 20.4. The summed E-state index contributed by atoms with van der Waals surface area (Å²) in [6.45, 7) is 1.97. The molecule has 5 aromatic rings. The topological polar surface area (TPSA) is 79.6 Å². The number of hydrogen-bond acceptors (Lipinski definition) is 3. The van der Waals surface area contributed by atoms with E-state index in [-0.39, 0.29) is 5.55 Å². The van der Waals surface area contributed by atoms with Crippen LogP contribution in [0.15, 0.2) is 88.3 Å². The van der Waals surface area contributed by atoms with Crippen molar-refractivity contribution in [1.82, 2.24) is 4.98 Å². The van der Waals surface area contributed by atoms with Gasteiger partial charge in [0.2, 0.25) is 5.55 Å². The molecule has 0 atom stereocenters. The molecule has 158 valence electrons. The number of amides is 2. The van der Waals surface area contributed by atoms with E-state index < -0.39 is 6.03 Å². The molecule has 0 aliphatic rings. The second-order valence-electron chi connectivity index (χ2n) is 7.50. The van der Waals surface area contributed by atoms with E-state index in [1.807, 2.05) is 61.5 Å². The SMILES string of the molecule is COc1ccc(NC(=O)/N=c2\oc3c(C)cccc3cc2-c2cc3ccccc3[nH]2)cc1. The zero-order valence-electron chi connectivity index (χ0n) is 17.7. The Labute approximate surface area is 184 Å². The molecule has 0 fully saturated rings. The van der Waals surface area contributed by atoms with Gasteiger partial charge in [0, 0.05) is 22.0 Å². The number of aromatic amines is 1. The monoisotopic (exact) mass is 423 g/mol. The number of H-pyrrole nitrogens is 1. The summed E-state index contributed by atoms with van der Waals surface area (Å²) in [5.74, 6) is 0.709. The highest BCUT2D eigenvalue weighted by Crippen LogP contribution is 2.26. The minimum absolute atomic E-state index is 0.240. The number of benzene rings is 3. The van der Waals surface area contributed by atoms with Gasteiger partial charge in [-0.15, -0.1) is 0 Å². The number of anilines is 1. The molecule has 0 unspecified atom stereocenters. The molecule has 2 N–H and O–H groups in total. The third kappa shape index (κ3) is 3.74. The van der Waals surface area contributed by atoms with E-state index >= 15 is 0 Å². The van der Waals surface area contributed by atoms with Crippen molar-refractivity contribution in [3.8, 4) is 17.0 Å². The van der Waals surface area contributed by atoms with Gasteiger partial charge in [0.1, 0.15) is 11.3 Å². The maximum Gasteiger partial charge on any atom is 0.348 e. The molecule has 2 amide bonds. The summed E-state index contributed by atoms with van der Waals surface area (Å²) < 4.78 is 11.3. The van der Waals surface area contributed by atoms with Crippen LogP contribution in [0.4, 0.5) is 10.5 Å². The van der Waals surface area contributed by atoms with Gasteiger partial charge in [0.15, 0.2) is 0 Å². The molecule has 0 aliphatic heterocycles. The predicted molar refractivity (Wildman–Crippen MR) is 126 cm³/mol. The van der Waals surface area contributed by atoms with E-state index in [0.717, 1.165) is 27.5 Å². The number of rotatable bonds is 3. The maximum absolute atomic E-state index is 12.7. The van der Waals surface area contributed by atoms with Crippen molar-refractivity contribution in [3.63, 3.8) is 0 Å². The molecule has 0 aliphatic carbocycles. The molecular weight excluding hydrogens is 402 g/mol. The van der Waals surface area contributed by atoms with Gasteiger partial charge >= 0.3 is 6.03 Å². The second-order valence-corrected chi connectivity index (χ2v) is 7.50. The lowest BCUT2D eigenvalue weighted by atomic mass is 10.1. The van der Waals surface area contributed by atoms with Crippen LogP contribution in [0.5, 0.6) is 5.75 Å². The molecule has 6 nitrogen and oxygen atoms in total. The van der Waals surface area contributed by atoms with Gasteiger partial charge in [-0.3, -0.25) is 0 Å². The van der Waals surface area contributed by atoms with Gasteiger partial charge in [-0.2, -0.15) is 4.99 Å². The van der Waals surface area contributed by atoms with E-state index in [2.05, 4.69) is 15.3 Å². The molecule has 6 heteroatoms. The molecule has 2 heterocycles. The second kappa shape index (κ2) is 8.07. The van der Waals surface area contributed by atoms with Crippen LogP contribution in [-0.4, -0.2) is 18.1 Å². The van der Waals surface area contributed by atoms with Gasteiger partial charge in [0.05, 0.1) is 18.4 Å². The Bertz CT molecular complexity index is 1480. The van der Waals surface area contributed by atoms with Gasteiger partial charge in [-0.05, 0) is 55.0 Å². The van der Waals surface area contributed by atoms with Crippen LogP contribution in [0.25, 0.3) is 33.1 Å². The number of carbonyl (C=O) groups is 1. The Kier molecular flexibility index (Phi) is 4.95. The largest absolute Gasteiger partial charge is 0.497 e. The molecule has 0 spiro atoms. The van der Waals surface area contributed by atoms with E-state index in [1.165, 1.54) is 0 Å². The number of aromatic nitrogens is 1. The first kappa shape index (κ1) is 19.6. The van der Waals surface area contributed by atoms with E-state index in [1.54, 1.807) is 31.4 Å². The van der Waals surface area contributed by atoms with Crippen molar-refractivity contribution in [2.45, 2.75) is 6.92 Å². The van der Waals surface area contributed by atoms with Gasteiger partial charge < -0.3 is 19.5 Å². The zero-order valence-corrected chi connectivity index (χ0v) is 17.7. The Balaban J connectivity index is 1.63. The van der Waals surface area contributed by atoms with Crippen molar-refractivity contribution in [1.29, 1.82) is 0 Å². The summed E-state index contributed by atoms with van der Waals surface area (Å²) in [7, 11) is 1.59. The lowest BCUT2D eigenvalue weighted by Crippen LogP contribution is -2.14. The minimum Gasteiger partial charge on any atom is -0.497 e.